The van der Waals surface area contributed by atoms with Gasteiger partial charge < -0.3 is 24.7 Å². The number of nitrogens with one attached hydrogen (secondary N) is 4. The maximum atomic E-state index is 13.0. The maximum Gasteiger partial charge on any atom is 0.344 e. The number of nitro benzene ring substituents is 2. The molecule has 12 nitrogen and oxygen atoms in total. The largest absolute Gasteiger partial charge is 0.423 e. The van der Waals surface area contributed by atoms with Crippen LogP contribution in [-0.2, 0) is 28.1 Å². The van der Waals surface area contributed by atoms with Gasteiger partial charge in [-0.2, -0.15) is 0 Å². The van der Waals surface area contributed by atoms with Crippen LogP contribution in [0.4, 0.5) is 11.4 Å². The molecule has 0 aliphatic carbocycles. The number of esters is 1. The second-order valence-electron chi connectivity index (χ2n) is 27.1. The van der Waals surface area contributed by atoms with Crippen LogP contribution in [0.1, 0.15) is 123 Å². The molecule has 4 aromatic heterocycles. The summed E-state index contributed by atoms with van der Waals surface area (Å²) in [5, 5.41) is 22.9. The number of carbonyl (C=O) groups is 1. The van der Waals surface area contributed by atoms with Gasteiger partial charge in [-0.05, 0) is 147 Å². The molecule has 0 saturated heterocycles. The van der Waals surface area contributed by atoms with Crippen LogP contribution in [0.3, 0.4) is 0 Å². The molecular weight excluding hydrogens is 1830 g/mol. The molecule has 0 saturated carbocycles. The average molecular weight is 1890 g/mol. The lowest BCUT2D eigenvalue weighted by molar-refractivity contribution is -0.394. The first-order valence-electron chi connectivity index (χ1n) is 33.3. The third-order valence-electron chi connectivity index (χ3n) is 19.1. The van der Waals surface area contributed by atoms with Crippen LogP contribution in [0.2, 0.25) is 0 Å². The van der Waals surface area contributed by atoms with E-state index in [0.717, 1.165) is 47.9 Å². The predicted octanol–water partition coefficient (Wildman–Crippen LogP) is 29.9. The summed E-state index contributed by atoms with van der Waals surface area (Å²) >= 11 is 46.4. The number of aromatic amines is 4. The monoisotopic (exact) mass is 1890 g/mol. The minimum atomic E-state index is -0.932. The van der Waals surface area contributed by atoms with Crippen LogP contribution >= 0.6 is 282 Å². The van der Waals surface area contributed by atoms with Crippen molar-refractivity contribution in [1.82, 2.24) is 19.9 Å². The summed E-state index contributed by atoms with van der Waals surface area (Å²) in [6.07, 6.45) is 17.4. The first-order chi connectivity index (χ1) is 52.2. The molecule has 9 aliphatic rings. The SMILES string of the molecule is CSC1=C(SC)SC(=C2Sc3c4[nH]c(c3S2)C(C)(C)c2[nH]c(c3c2SC(=C2SC(SC)=C(SC)S2)S3)C(C)(C)c2[nH]c(c3c2SC(=C2SC(SC)=C(SCCCc5ccc(-c6ccc(OC(=O)c7cc([N+](=O)[O-])cc([N+](=O)[O-])c7)cc6)cc5)S2)S3)C(C)(C)c2[nH]c(c3c2SC(=C2SC(SC)=C(SC)S2)S3)C4(C)C)S1. The van der Waals surface area contributed by atoms with Gasteiger partial charge in [0.2, 0.25) is 0 Å². The number of ether oxygens (including phenoxy) is 1. The Bertz CT molecular complexity index is 5080. The molecule has 109 heavy (non-hydrogen) atoms. The third kappa shape index (κ3) is 15.2. The first kappa shape index (κ1) is 82.1. The van der Waals surface area contributed by atoms with E-state index in [4.69, 9.17) is 4.74 Å². The van der Waals surface area contributed by atoms with E-state index in [0.29, 0.717) is 0 Å². The zero-order valence-electron chi connectivity index (χ0n) is 60.6. The highest BCUT2D eigenvalue weighted by atomic mass is 32.3. The number of non-ortho nitro benzene ring substituents is 2. The number of nitrogens with zero attached hydrogens (tertiary/aromatic N) is 2. The van der Waals surface area contributed by atoms with Gasteiger partial charge in [0.05, 0.1) is 89.3 Å². The summed E-state index contributed by atoms with van der Waals surface area (Å²) in [5.41, 5.74) is 9.66. The maximum absolute atomic E-state index is 13.0. The van der Waals surface area contributed by atoms with Gasteiger partial charge in [-0.15, -0.1) is 94.1 Å². The molecule has 0 radical (unpaired) electrons. The minimum absolute atomic E-state index is 0.206. The number of benzene rings is 3. The van der Waals surface area contributed by atoms with Gasteiger partial charge in [0.15, 0.2) is 0 Å². The average Bonchev–Trinajstić information content (AvgIpc) is 1.53. The van der Waals surface area contributed by atoms with Gasteiger partial charge in [-0.3, -0.25) is 20.2 Å². The molecule has 3 aromatic carbocycles. The number of rotatable bonds is 17. The first-order valence-corrected chi connectivity index (χ1v) is 56.0. The fourth-order valence-corrected chi connectivity index (χ4v) is 47.0. The molecule has 0 spiro atoms. The van der Waals surface area contributed by atoms with Gasteiger partial charge >= 0.3 is 5.97 Å². The molecule has 0 atom stereocenters. The van der Waals surface area contributed by atoms with Crippen LogP contribution in [-0.4, -0.2) is 85.3 Å². The van der Waals surface area contributed by atoms with Crippen LogP contribution in [0.25, 0.3) is 11.1 Å². The van der Waals surface area contributed by atoms with Gasteiger partial charge in [0, 0.05) is 119 Å². The lowest BCUT2D eigenvalue weighted by atomic mass is 9.85. The Morgan fingerprint density at radius 2 is 0.615 bits per heavy atom. The number of aromatic nitrogens is 4. The Hall–Kier alpha value is -0.630. The van der Waals surface area contributed by atoms with E-state index in [-0.39, 0.29) is 11.3 Å². The molecular formula is C73H66N6O6S24. The van der Waals surface area contributed by atoms with Crippen molar-refractivity contribution in [3.63, 3.8) is 0 Å². The molecule has 0 amide bonds. The Morgan fingerprint density at radius 3 is 0.881 bits per heavy atom. The number of nitro groups is 2. The molecule has 13 heterocycles. The standard InChI is InChI=1S/C73H66N6O6S24/c1-70(2)45-37-38(95-62(94-37)66-102-54(86-9)55(87-10)103-66)46(74-45)71(3,4)48-40-42(99-64(97-40)68-106-58(90-13)59(91-14)107-68)50(76-48)73(7,8)52-44-43(51(77-52)72(5,6)49-41-39(47(70)75-49)96-63(98-41)67-104-56(88-11)57(89-12)105-67)100-65(101-44)69-108-60(92-15)61(109-69)93-26-16-17-30-18-20-31(21-19-30)32-22-24-36(25-23-32)85-53(80)33-27-34(78(81)82)29-35(28-33)79(83)84/h18-25,27-29,74-77H,16-17,26H2,1-15H3. The van der Waals surface area contributed by atoms with Crippen LogP contribution in [0.15, 0.2) is 174 Å². The van der Waals surface area contributed by atoms with E-state index in [1.807, 2.05) is 294 Å². The van der Waals surface area contributed by atoms with E-state index in [9.17, 15) is 25.0 Å². The van der Waals surface area contributed by atoms with Crippen molar-refractivity contribution in [3.8, 4) is 16.9 Å². The van der Waals surface area contributed by atoms with Crippen LogP contribution in [0.5, 0.6) is 5.75 Å². The molecule has 16 rings (SSSR count). The Morgan fingerprint density at radius 1 is 0.367 bits per heavy atom. The fraction of sp³-hybridized carbons (Fsp3) is 0.301. The highest BCUT2D eigenvalue weighted by molar-refractivity contribution is 8.44. The molecule has 4 N–H and O–H groups in total. The van der Waals surface area contributed by atoms with E-state index in [1.54, 1.807) is 12.1 Å². The highest BCUT2D eigenvalue weighted by Gasteiger charge is 2.52. The summed E-state index contributed by atoms with van der Waals surface area (Å²) in [6.45, 7) is 19.8. The van der Waals surface area contributed by atoms with Gasteiger partial charge in [0.25, 0.3) is 11.4 Å². The Labute approximate surface area is 736 Å². The second kappa shape index (κ2) is 32.8. The van der Waals surface area contributed by atoms with Crippen molar-refractivity contribution in [3.05, 3.63) is 211 Å². The van der Waals surface area contributed by atoms with Crippen molar-refractivity contribution in [1.29, 1.82) is 0 Å². The third-order valence-corrected chi connectivity index (χ3v) is 52.8. The zero-order valence-corrected chi connectivity index (χ0v) is 80.2. The van der Waals surface area contributed by atoms with Gasteiger partial charge in [0.1, 0.15) is 5.75 Å². The molecule has 36 heteroatoms. The smallest absolute Gasteiger partial charge is 0.344 e. The zero-order chi connectivity index (χ0) is 76.7. The van der Waals surface area contributed by atoms with E-state index < -0.39 is 48.9 Å². The Kier molecular flexibility index (Phi) is 24.7. The molecule has 9 aliphatic heterocycles. The number of hydrogen-bond acceptors (Lipinski definition) is 30. The summed E-state index contributed by atoms with van der Waals surface area (Å²) in [6, 6.07) is 18.2. The van der Waals surface area contributed by atoms with Crippen LogP contribution < -0.4 is 4.74 Å². The quantitative estimate of drug-likeness (QED) is 0.0222. The van der Waals surface area contributed by atoms with Crippen LogP contribution in [0, 0.1) is 20.2 Å². The summed E-state index contributed by atoms with van der Waals surface area (Å²) in [7, 11) is 0. The Balaban J connectivity index is 0.729. The summed E-state index contributed by atoms with van der Waals surface area (Å²) < 4.78 is 27.4. The molecule has 7 aromatic rings. The van der Waals surface area contributed by atoms with Crippen molar-refractivity contribution in [2.45, 2.75) is 129 Å². The van der Waals surface area contributed by atoms with E-state index in [1.165, 1.54) is 158 Å². The fourth-order valence-electron chi connectivity index (χ4n) is 13.3. The number of thioether (sulfide) groups is 24. The van der Waals surface area contributed by atoms with Crippen molar-refractivity contribution in [2.24, 2.45) is 0 Å². The molecule has 568 valence electrons. The normalized spacial score (nSPS) is 19.5. The number of aryl methyl sites for hydroxylation is 1. The lowest BCUT2D eigenvalue weighted by Gasteiger charge is -2.30. The molecule has 0 fully saturated rings. The summed E-state index contributed by atoms with van der Waals surface area (Å²) in [4.78, 5) is 62.6. The number of H-pyrrole nitrogens is 4. The van der Waals surface area contributed by atoms with Crippen molar-refractivity contribution < 1.29 is 19.4 Å². The molecule has 0 unspecified atom stereocenters. The highest BCUT2D eigenvalue weighted by Crippen LogP contribution is 2.73. The van der Waals surface area contributed by atoms with Gasteiger partial charge in [-0.25, -0.2) is 4.79 Å². The predicted molar refractivity (Wildman–Crippen MR) is 507 cm³/mol. The van der Waals surface area contributed by atoms with E-state index >= 15 is 0 Å². The molecule has 8 bridgehead atoms. The van der Waals surface area contributed by atoms with Gasteiger partial charge in [-0.1, -0.05) is 225 Å². The number of hydrogen-bond donors (Lipinski definition) is 4. The van der Waals surface area contributed by atoms with Crippen molar-refractivity contribution in [2.75, 3.05) is 49.5 Å². The minimum Gasteiger partial charge on any atom is -0.423 e. The number of fused-ring (bicyclic) bond motifs is 20. The summed E-state index contributed by atoms with van der Waals surface area (Å²) in [5.74, 6) is 0.241. The number of carbonyl (C=O) groups excluding carboxylic acids is 1. The topological polar surface area (TPSA) is 176 Å². The second-order valence-corrected chi connectivity index (χ2v) is 54.4. The lowest BCUT2D eigenvalue weighted by Crippen LogP contribution is -2.27. The van der Waals surface area contributed by atoms with E-state index in [2.05, 4.69) is 143 Å². The van der Waals surface area contributed by atoms with Crippen molar-refractivity contribution >= 4 is 300 Å².